The second kappa shape index (κ2) is 7.04. The van der Waals surface area contributed by atoms with Crippen LogP contribution < -0.4 is 4.74 Å². The van der Waals surface area contributed by atoms with Gasteiger partial charge in [-0.2, -0.15) is 0 Å². The third kappa shape index (κ3) is 3.70. The molecule has 0 aliphatic heterocycles. The average Bonchev–Trinajstić information content (AvgIpc) is 2.52. The molecule has 2 rings (SSSR count). The molecule has 0 bridgehead atoms. The maximum Gasteiger partial charge on any atom is 0.175 e. The second-order valence-corrected chi connectivity index (χ2v) is 5.29. The molecular formula is C18H21NO2. The molecule has 0 aliphatic rings. The second-order valence-electron chi connectivity index (χ2n) is 5.29. The molecule has 0 fully saturated rings. The van der Waals surface area contributed by atoms with E-state index in [4.69, 9.17) is 4.74 Å². The van der Waals surface area contributed by atoms with Gasteiger partial charge in [-0.15, -0.1) is 0 Å². The molecule has 0 aromatic heterocycles. The SMILES string of the molecule is COc1ccccc1C(=O)C(CN(C)C)c1ccccc1. The Bertz CT molecular complexity index is 593. The van der Waals surface area contributed by atoms with Crippen molar-refractivity contribution in [3.63, 3.8) is 0 Å². The Kier molecular flexibility index (Phi) is 5.12. The van der Waals surface area contributed by atoms with E-state index in [9.17, 15) is 4.79 Å². The summed E-state index contributed by atoms with van der Waals surface area (Å²) in [6, 6.07) is 17.3. The Hall–Kier alpha value is -2.13. The van der Waals surface area contributed by atoms with Crippen LogP contribution >= 0.6 is 0 Å². The Labute approximate surface area is 126 Å². The van der Waals surface area contributed by atoms with Crippen LogP contribution in [0.15, 0.2) is 54.6 Å². The van der Waals surface area contributed by atoms with Gasteiger partial charge in [0.1, 0.15) is 5.75 Å². The summed E-state index contributed by atoms with van der Waals surface area (Å²) in [5, 5.41) is 0. The standard InChI is InChI=1S/C18H21NO2/c1-19(2)13-16(14-9-5-4-6-10-14)18(20)15-11-7-8-12-17(15)21-3/h4-12,16H,13H2,1-3H3. The number of likely N-dealkylation sites (N-methyl/N-ethyl adjacent to an activating group) is 1. The summed E-state index contributed by atoms with van der Waals surface area (Å²) in [4.78, 5) is 15.0. The van der Waals surface area contributed by atoms with Crippen molar-refractivity contribution in [2.45, 2.75) is 5.92 Å². The maximum atomic E-state index is 13.0. The molecule has 0 saturated heterocycles. The molecule has 0 spiro atoms. The first-order valence-electron chi connectivity index (χ1n) is 7.00. The monoisotopic (exact) mass is 283 g/mol. The Morgan fingerprint density at radius 2 is 1.67 bits per heavy atom. The van der Waals surface area contributed by atoms with E-state index in [1.54, 1.807) is 7.11 Å². The number of carbonyl (C=O) groups is 1. The topological polar surface area (TPSA) is 29.5 Å². The fourth-order valence-corrected chi connectivity index (χ4v) is 2.43. The largest absolute Gasteiger partial charge is 0.496 e. The lowest BCUT2D eigenvalue weighted by molar-refractivity contribution is 0.0942. The number of rotatable bonds is 6. The lowest BCUT2D eigenvalue weighted by Gasteiger charge is -2.21. The van der Waals surface area contributed by atoms with Crippen molar-refractivity contribution < 1.29 is 9.53 Å². The normalized spacial score (nSPS) is 12.2. The molecule has 1 atom stereocenters. The zero-order valence-electron chi connectivity index (χ0n) is 12.7. The van der Waals surface area contributed by atoms with Gasteiger partial charge in [0.05, 0.1) is 18.6 Å². The van der Waals surface area contributed by atoms with Crippen molar-refractivity contribution in [1.82, 2.24) is 4.90 Å². The van der Waals surface area contributed by atoms with E-state index in [-0.39, 0.29) is 11.7 Å². The van der Waals surface area contributed by atoms with Crippen LogP contribution in [0.5, 0.6) is 5.75 Å². The van der Waals surface area contributed by atoms with E-state index in [0.29, 0.717) is 17.9 Å². The van der Waals surface area contributed by atoms with Gasteiger partial charge in [0.15, 0.2) is 5.78 Å². The highest BCUT2D eigenvalue weighted by Gasteiger charge is 2.24. The molecule has 0 heterocycles. The third-order valence-electron chi connectivity index (χ3n) is 3.44. The van der Waals surface area contributed by atoms with Gasteiger partial charge in [-0.25, -0.2) is 0 Å². The van der Waals surface area contributed by atoms with Gasteiger partial charge in [0.2, 0.25) is 0 Å². The number of nitrogens with zero attached hydrogens (tertiary/aromatic N) is 1. The molecule has 3 nitrogen and oxygen atoms in total. The number of methoxy groups -OCH3 is 1. The van der Waals surface area contributed by atoms with Gasteiger partial charge in [-0.05, 0) is 31.8 Å². The third-order valence-corrected chi connectivity index (χ3v) is 3.44. The Balaban J connectivity index is 2.39. The van der Waals surface area contributed by atoms with Crippen LogP contribution in [0.2, 0.25) is 0 Å². The van der Waals surface area contributed by atoms with Crippen LogP contribution in [0.25, 0.3) is 0 Å². The van der Waals surface area contributed by atoms with Crippen molar-refractivity contribution in [3.05, 3.63) is 65.7 Å². The predicted molar refractivity (Wildman–Crippen MR) is 85.1 cm³/mol. The molecule has 0 N–H and O–H groups in total. The van der Waals surface area contributed by atoms with Crippen LogP contribution in [-0.4, -0.2) is 38.4 Å². The highest BCUT2D eigenvalue weighted by molar-refractivity contribution is 6.03. The number of Topliss-reactive ketones (excluding diaryl/α,β-unsaturated/α-hetero) is 1. The molecule has 0 saturated carbocycles. The van der Waals surface area contributed by atoms with E-state index in [2.05, 4.69) is 0 Å². The van der Waals surface area contributed by atoms with Crippen LogP contribution in [0.1, 0.15) is 21.8 Å². The fraction of sp³-hybridized carbons (Fsp3) is 0.278. The zero-order valence-corrected chi connectivity index (χ0v) is 12.7. The van der Waals surface area contributed by atoms with Crippen molar-refractivity contribution in [3.8, 4) is 5.75 Å². The van der Waals surface area contributed by atoms with Crippen molar-refractivity contribution in [1.29, 1.82) is 0 Å². The van der Waals surface area contributed by atoms with Gasteiger partial charge in [0, 0.05) is 6.54 Å². The number of ketones is 1. The first-order valence-corrected chi connectivity index (χ1v) is 7.00. The number of hydrogen-bond donors (Lipinski definition) is 0. The molecule has 1 unspecified atom stereocenters. The van der Waals surface area contributed by atoms with Crippen molar-refractivity contribution in [2.75, 3.05) is 27.7 Å². The minimum atomic E-state index is -0.197. The number of benzene rings is 2. The summed E-state index contributed by atoms with van der Waals surface area (Å²) in [5.41, 5.74) is 1.66. The van der Waals surface area contributed by atoms with E-state index in [1.165, 1.54) is 0 Å². The molecule has 0 aliphatic carbocycles. The van der Waals surface area contributed by atoms with Gasteiger partial charge in [-0.1, -0.05) is 42.5 Å². The molecule has 0 radical (unpaired) electrons. The van der Waals surface area contributed by atoms with E-state index < -0.39 is 0 Å². The maximum absolute atomic E-state index is 13.0. The summed E-state index contributed by atoms with van der Waals surface area (Å²) in [6.45, 7) is 0.668. The lowest BCUT2D eigenvalue weighted by atomic mass is 9.90. The number of hydrogen-bond acceptors (Lipinski definition) is 3. The molecule has 2 aromatic carbocycles. The van der Waals surface area contributed by atoms with Gasteiger partial charge < -0.3 is 9.64 Å². The molecule has 21 heavy (non-hydrogen) atoms. The Morgan fingerprint density at radius 3 is 2.29 bits per heavy atom. The fourth-order valence-electron chi connectivity index (χ4n) is 2.43. The number of para-hydroxylation sites is 1. The highest BCUT2D eigenvalue weighted by Crippen LogP contribution is 2.27. The summed E-state index contributed by atoms with van der Waals surface area (Å²) in [6.07, 6.45) is 0. The van der Waals surface area contributed by atoms with Crippen molar-refractivity contribution in [2.24, 2.45) is 0 Å². The van der Waals surface area contributed by atoms with Gasteiger partial charge in [-0.3, -0.25) is 4.79 Å². The highest BCUT2D eigenvalue weighted by atomic mass is 16.5. The van der Waals surface area contributed by atoms with Gasteiger partial charge in [0.25, 0.3) is 0 Å². The lowest BCUT2D eigenvalue weighted by Crippen LogP contribution is -2.26. The van der Waals surface area contributed by atoms with E-state index in [0.717, 1.165) is 5.56 Å². The quantitative estimate of drug-likeness (QED) is 0.762. The molecule has 3 heteroatoms. The van der Waals surface area contributed by atoms with Crippen LogP contribution in [-0.2, 0) is 0 Å². The molecule has 0 amide bonds. The van der Waals surface area contributed by atoms with Crippen LogP contribution in [0, 0.1) is 0 Å². The summed E-state index contributed by atoms with van der Waals surface area (Å²) in [5.74, 6) is 0.520. The zero-order chi connectivity index (χ0) is 15.2. The van der Waals surface area contributed by atoms with Crippen molar-refractivity contribution >= 4 is 5.78 Å². The number of carbonyl (C=O) groups excluding carboxylic acids is 1. The summed E-state index contributed by atoms with van der Waals surface area (Å²) >= 11 is 0. The Morgan fingerprint density at radius 1 is 1.05 bits per heavy atom. The molecular weight excluding hydrogens is 262 g/mol. The predicted octanol–water partition coefficient (Wildman–Crippen LogP) is 3.22. The average molecular weight is 283 g/mol. The minimum absolute atomic E-state index is 0.0901. The minimum Gasteiger partial charge on any atom is -0.496 e. The molecule has 2 aromatic rings. The first-order chi connectivity index (χ1) is 10.1. The first kappa shape index (κ1) is 15.3. The summed E-state index contributed by atoms with van der Waals surface area (Å²) in [7, 11) is 5.55. The van der Waals surface area contributed by atoms with E-state index in [1.807, 2.05) is 73.6 Å². The number of ether oxygens (including phenoxy) is 1. The molecule has 110 valence electrons. The van der Waals surface area contributed by atoms with E-state index >= 15 is 0 Å². The van der Waals surface area contributed by atoms with Crippen LogP contribution in [0.3, 0.4) is 0 Å². The summed E-state index contributed by atoms with van der Waals surface area (Å²) < 4.78 is 5.32. The smallest absolute Gasteiger partial charge is 0.175 e. The van der Waals surface area contributed by atoms with Gasteiger partial charge >= 0.3 is 0 Å². The van der Waals surface area contributed by atoms with Crippen LogP contribution in [0.4, 0.5) is 0 Å².